The fourth-order valence-corrected chi connectivity index (χ4v) is 1.00. The van der Waals surface area contributed by atoms with Crippen molar-refractivity contribution in [1.82, 2.24) is 0 Å². The number of nitrogen functional groups attached to an aromatic ring is 2. The fraction of sp³-hybridized carbons (Fsp3) is 0. The van der Waals surface area contributed by atoms with E-state index in [2.05, 4.69) is 0 Å². The number of carboxylic acids is 2. The predicted molar refractivity (Wildman–Crippen MR) is 49.2 cm³/mol. The standard InChI is InChI=1S/C8H8N2O4/c9-5-1-3(7(11)12)6(10)2-4(5)8(13)14/h1-2H,9-10H2,(H,11,12)(H,13,14). The molecule has 6 N–H and O–H groups in total. The van der Waals surface area contributed by atoms with E-state index in [-0.39, 0.29) is 22.5 Å². The number of nitrogens with two attached hydrogens (primary N) is 2. The average molecular weight is 196 g/mol. The summed E-state index contributed by atoms with van der Waals surface area (Å²) >= 11 is 0. The highest BCUT2D eigenvalue weighted by Crippen LogP contribution is 2.20. The fourth-order valence-electron chi connectivity index (χ4n) is 1.00. The van der Waals surface area contributed by atoms with Crippen LogP contribution in [-0.2, 0) is 0 Å². The molecule has 6 nitrogen and oxygen atoms in total. The van der Waals surface area contributed by atoms with Crippen LogP contribution in [0, 0.1) is 0 Å². The lowest BCUT2D eigenvalue weighted by Gasteiger charge is -2.05. The van der Waals surface area contributed by atoms with Gasteiger partial charge in [0.15, 0.2) is 0 Å². The van der Waals surface area contributed by atoms with Gasteiger partial charge < -0.3 is 21.7 Å². The maximum absolute atomic E-state index is 10.6. The van der Waals surface area contributed by atoms with Crippen molar-refractivity contribution in [1.29, 1.82) is 0 Å². The number of hydrogen-bond donors (Lipinski definition) is 4. The number of aromatic carboxylic acids is 2. The smallest absolute Gasteiger partial charge is 0.337 e. The highest BCUT2D eigenvalue weighted by Gasteiger charge is 2.14. The van der Waals surface area contributed by atoms with E-state index in [1.807, 2.05) is 0 Å². The van der Waals surface area contributed by atoms with E-state index in [1.165, 1.54) is 0 Å². The summed E-state index contributed by atoms with van der Waals surface area (Å²) in [6.07, 6.45) is 0. The maximum Gasteiger partial charge on any atom is 0.337 e. The quantitative estimate of drug-likeness (QED) is 0.502. The van der Waals surface area contributed by atoms with Crippen molar-refractivity contribution in [3.05, 3.63) is 23.3 Å². The summed E-state index contributed by atoms with van der Waals surface area (Å²) in [7, 11) is 0. The minimum absolute atomic E-state index is 0.121. The van der Waals surface area contributed by atoms with E-state index in [9.17, 15) is 9.59 Å². The van der Waals surface area contributed by atoms with E-state index in [0.29, 0.717) is 0 Å². The van der Waals surface area contributed by atoms with Crippen molar-refractivity contribution >= 4 is 23.3 Å². The van der Waals surface area contributed by atoms with Crippen LogP contribution in [0.15, 0.2) is 12.1 Å². The van der Waals surface area contributed by atoms with Crippen LogP contribution in [-0.4, -0.2) is 22.2 Å². The third kappa shape index (κ3) is 1.58. The minimum atomic E-state index is -1.24. The van der Waals surface area contributed by atoms with E-state index in [4.69, 9.17) is 21.7 Å². The van der Waals surface area contributed by atoms with Gasteiger partial charge in [-0.25, -0.2) is 9.59 Å². The molecule has 6 heteroatoms. The number of anilines is 2. The molecule has 0 saturated heterocycles. The minimum Gasteiger partial charge on any atom is -0.478 e. The Labute approximate surface area is 78.8 Å². The first-order valence-corrected chi connectivity index (χ1v) is 3.59. The molecule has 0 aliphatic rings. The molecule has 0 aromatic heterocycles. The van der Waals surface area contributed by atoms with Crippen molar-refractivity contribution in [3.8, 4) is 0 Å². The Hall–Kier alpha value is -2.24. The van der Waals surface area contributed by atoms with Crippen LogP contribution < -0.4 is 11.5 Å². The first-order valence-electron chi connectivity index (χ1n) is 3.59. The zero-order valence-corrected chi connectivity index (χ0v) is 7.02. The average Bonchev–Trinajstić information content (AvgIpc) is 2.07. The Balaban J connectivity index is 3.38. The van der Waals surface area contributed by atoms with Crippen molar-refractivity contribution in [3.63, 3.8) is 0 Å². The molecule has 1 rings (SSSR count). The molecule has 0 aliphatic heterocycles. The van der Waals surface area contributed by atoms with Crippen molar-refractivity contribution in [2.45, 2.75) is 0 Å². The normalized spacial score (nSPS) is 9.71. The van der Waals surface area contributed by atoms with E-state index >= 15 is 0 Å². The predicted octanol–water partition coefficient (Wildman–Crippen LogP) is 0.247. The van der Waals surface area contributed by atoms with Crippen LogP contribution in [0.2, 0.25) is 0 Å². The highest BCUT2D eigenvalue weighted by molar-refractivity contribution is 6.01. The van der Waals surface area contributed by atoms with Gasteiger partial charge in [-0.1, -0.05) is 0 Å². The molecule has 0 amide bonds. The molecule has 0 unspecified atom stereocenters. The van der Waals surface area contributed by atoms with E-state index in [0.717, 1.165) is 12.1 Å². The SMILES string of the molecule is Nc1cc(C(=O)O)c(N)cc1C(=O)O. The summed E-state index contributed by atoms with van der Waals surface area (Å²) in [5, 5.41) is 17.3. The first kappa shape index (κ1) is 9.85. The van der Waals surface area contributed by atoms with Gasteiger partial charge in [-0.05, 0) is 12.1 Å². The van der Waals surface area contributed by atoms with E-state index < -0.39 is 11.9 Å². The van der Waals surface area contributed by atoms with Gasteiger partial charge in [0.25, 0.3) is 0 Å². The zero-order chi connectivity index (χ0) is 10.9. The number of benzene rings is 1. The highest BCUT2D eigenvalue weighted by atomic mass is 16.4. The summed E-state index contributed by atoms with van der Waals surface area (Å²) in [4.78, 5) is 21.1. The summed E-state index contributed by atoms with van der Waals surface area (Å²) in [6, 6.07) is 2.06. The van der Waals surface area contributed by atoms with Crippen molar-refractivity contribution in [2.24, 2.45) is 0 Å². The molecule has 14 heavy (non-hydrogen) atoms. The lowest BCUT2D eigenvalue weighted by molar-refractivity contribution is 0.0683. The van der Waals surface area contributed by atoms with Crippen LogP contribution in [0.5, 0.6) is 0 Å². The van der Waals surface area contributed by atoms with Gasteiger partial charge in [0.2, 0.25) is 0 Å². The lowest BCUT2D eigenvalue weighted by atomic mass is 10.1. The van der Waals surface area contributed by atoms with Crippen molar-refractivity contribution < 1.29 is 19.8 Å². The summed E-state index contributed by atoms with van der Waals surface area (Å²) in [5.74, 6) is -2.49. The van der Waals surface area contributed by atoms with Crippen molar-refractivity contribution in [2.75, 3.05) is 11.5 Å². The van der Waals surface area contributed by atoms with Gasteiger partial charge in [0.05, 0.1) is 11.1 Å². The van der Waals surface area contributed by atoms with Gasteiger partial charge in [-0.3, -0.25) is 0 Å². The van der Waals surface area contributed by atoms with Crippen LogP contribution in [0.3, 0.4) is 0 Å². The van der Waals surface area contributed by atoms with Crippen LogP contribution in [0.4, 0.5) is 11.4 Å². The topological polar surface area (TPSA) is 127 Å². The van der Waals surface area contributed by atoms with Gasteiger partial charge in [-0.2, -0.15) is 0 Å². The number of carboxylic acid groups (broad SMARTS) is 2. The molecule has 1 aromatic carbocycles. The summed E-state index contributed by atoms with van der Waals surface area (Å²) in [6.45, 7) is 0. The third-order valence-electron chi connectivity index (χ3n) is 1.68. The van der Waals surface area contributed by atoms with E-state index in [1.54, 1.807) is 0 Å². The Bertz CT molecular complexity index is 374. The third-order valence-corrected chi connectivity index (χ3v) is 1.68. The summed E-state index contributed by atoms with van der Waals surface area (Å²) < 4.78 is 0. The molecular formula is C8H8N2O4. The van der Waals surface area contributed by atoms with Crippen LogP contribution >= 0.6 is 0 Å². The molecule has 0 bridgehead atoms. The molecule has 0 radical (unpaired) electrons. The monoisotopic (exact) mass is 196 g/mol. The molecule has 0 heterocycles. The van der Waals surface area contributed by atoms with Gasteiger partial charge >= 0.3 is 11.9 Å². The second-order valence-corrected chi connectivity index (χ2v) is 2.64. The number of rotatable bonds is 2. The summed E-state index contributed by atoms with van der Waals surface area (Å²) in [5.41, 5.74) is 10.0. The van der Waals surface area contributed by atoms with Gasteiger partial charge in [-0.15, -0.1) is 0 Å². The van der Waals surface area contributed by atoms with Gasteiger partial charge in [0.1, 0.15) is 0 Å². The molecule has 0 atom stereocenters. The van der Waals surface area contributed by atoms with Crippen LogP contribution in [0.1, 0.15) is 20.7 Å². The molecule has 1 aromatic rings. The zero-order valence-electron chi connectivity index (χ0n) is 7.02. The Morgan fingerprint density at radius 1 is 0.929 bits per heavy atom. The molecule has 0 saturated carbocycles. The second kappa shape index (κ2) is 3.25. The largest absolute Gasteiger partial charge is 0.478 e. The van der Waals surface area contributed by atoms with Crippen LogP contribution in [0.25, 0.3) is 0 Å². The Kier molecular flexibility index (Phi) is 2.29. The first-order chi connectivity index (χ1) is 6.43. The Morgan fingerprint density at radius 3 is 1.43 bits per heavy atom. The number of carbonyl (C=O) groups is 2. The van der Waals surface area contributed by atoms with Gasteiger partial charge in [0, 0.05) is 11.4 Å². The molecular weight excluding hydrogens is 188 g/mol. The number of hydrogen-bond acceptors (Lipinski definition) is 4. The Morgan fingerprint density at radius 2 is 1.21 bits per heavy atom. The molecule has 74 valence electrons. The molecule has 0 fully saturated rings. The molecule has 0 spiro atoms. The molecule has 0 aliphatic carbocycles. The maximum atomic E-state index is 10.6. The lowest BCUT2D eigenvalue weighted by Crippen LogP contribution is -2.09. The second-order valence-electron chi connectivity index (χ2n) is 2.64.